The molecule has 2 aromatic rings. The summed E-state index contributed by atoms with van der Waals surface area (Å²) in [5.74, 6) is 0.836. The lowest BCUT2D eigenvalue weighted by Gasteiger charge is -2.20. The largest absolute Gasteiger partial charge is 0.497 e. The lowest BCUT2D eigenvalue weighted by Crippen LogP contribution is -2.16. The van der Waals surface area contributed by atoms with Crippen LogP contribution in [0.2, 0.25) is 0 Å². The van der Waals surface area contributed by atoms with Crippen molar-refractivity contribution in [2.45, 2.75) is 25.9 Å². The van der Waals surface area contributed by atoms with Gasteiger partial charge in [-0.15, -0.1) is 0 Å². The molecule has 0 saturated heterocycles. The van der Waals surface area contributed by atoms with E-state index in [4.69, 9.17) is 9.47 Å². The second kappa shape index (κ2) is 6.22. The number of carbonyl (C=O) groups is 1. The lowest BCUT2D eigenvalue weighted by atomic mass is 9.94. The molecule has 3 rings (SSSR count). The standard InChI is InChI=1S/C19H20O3/c1-13(20)22-19-16(10-14-6-4-3-5-7-14)11-15-8-9-17(21-2)12-18(15)19/h3-9,12,16,19H,10-11H2,1-2H3/t16-,19+/m0/s1. The maximum atomic E-state index is 11.5. The molecule has 0 N–H and O–H groups in total. The fourth-order valence-corrected chi connectivity index (χ4v) is 3.23. The molecule has 0 saturated carbocycles. The molecule has 3 nitrogen and oxygen atoms in total. The number of methoxy groups -OCH3 is 1. The number of rotatable bonds is 4. The van der Waals surface area contributed by atoms with Crippen molar-refractivity contribution in [1.82, 2.24) is 0 Å². The first-order chi connectivity index (χ1) is 10.7. The van der Waals surface area contributed by atoms with Crippen LogP contribution in [0, 0.1) is 5.92 Å². The first kappa shape index (κ1) is 14.6. The molecule has 2 atom stereocenters. The van der Waals surface area contributed by atoms with E-state index in [2.05, 4.69) is 18.2 Å². The van der Waals surface area contributed by atoms with Gasteiger partial charge in [-0.2, -0.15) is 0 Å². The van der Waals surface area contributed by atoms with Crippen LogP contribution >= 0.6 is 0 Å². The molecule has 3 heteroatoms. The third-order valence-electron chi connectivity index (χ3n) is 4.20. The minimum Gasteiger partial charge on any atom is -0.497 e. The Hall–Kier alpha value is -2.29. The smallest absolute Gasteiger partial charge is 0.303 e. The van der Waals surface area contributed by atoms with Gasteiger partial charge in [0.25, 0.3) is 0 Å². The van der Waals surface area contributed by atoms with Crippen molar-refractivity contribution in [1.29, 1.82) is 0 Å². The summed E-state index contributed by atoms with van der Waals surface area (Å²) >= 11 is 0. The number of carbonyl (C=O) groups excluding carboxylic acids is 1. The Balaban J connectivity index is 1.89. The molecule has 1 aliphatic rings. The van der Waals surface area contributed by atoms with E-state index < -0.39 is 0 Å². The summed E-state index contributed by atoms with van der Waals surface area (Å²) in [6.07, 6.45) is 1.63. The Morgan fingerprint density at radius 3 is 2.64 bits per heavy atom. The van der Waals surface area contributed by atoms with Crippen LogP contribution in [-0.2, 0) is 22.4 Å². The molecule has 0 heterocycles. The van der Waals surface area contributed by atoms with Gasteiger partial charge in [-0.3, -0.25) is 4.79 Å². The quantitative estimate of drug-likeness (QED) is 0.807. The Morgan fingerprint density at radius 2 is 1.95 bits per heavy atom. The predicted molar refractivity (Wildman–Crippen MR) is 84.8 cm³/mol. The van der Waals surface area contributed by atoms with Crippen molar-refractivity contribution >= 4 is 5.97 Å². The molecule has 0 aromatic heterocycles. The number of hydrogen-bond donors (Lipinski definition) is 0. The van der Waals surface area contributed by atoms with Gasteiger partial charge in [-0.05, 0) is 41.7 Å². The van der Waals surface area contributed by atoms with Crippen LogP contribution in [0.5, 0.6) is 5.75 Å². The van der Waals surface area contributed by atoms with Crippen molar-refractivity contribution in [3.8, 4) is 5.75 Å². The monoisotopic (exact) mass is 296 g/mol. The Kier molecular flexibility index (Phi) is 4.14. The van der Waals surface area contributed by atoms with Gasteiger partial charge in [-0.25, -0.2) is 0 Å². The average molecular weight is 296 g/mol. The third-order valence-corrected chi connectivity index (χ3v) is 4.20. The third kappa shape index (κ3) is 2.98. The molecule has 0 radical (unpaired) electrons. The highest BCUT2D eigenvalue weighted by atomic mass is 16.5. The van der Waals surface area contributed by atoms with E-state index in [0.29, 0.717) is 0 Å². The Morgan fingerprint density at radius 1 is 1.18 bits per heavy atom. The molecular formula is C19H20O3. The van der Waals surface area contributed by atoms with Crippen molar-refractivity contribution in [3.63, 3.8) is 0 Å². The summed E-state index contributed by atoms with van der Waals surface area (Å²) in [4.78, 5) is 11.5. The number of benzene rings is 2. The highest BCUT2D eigenvalue weighted by molar-refractivity contribution is 5.66. The molecular weight excluding hydrogens is 276 g/mol. The zero-order valence-corrected chi connectivity index (χ0v) is 12.9. The Bertz CT molecular complexity index is 664. The van der Waals surface area contributed by atoms with E-state index >= 15 is 0 Å². The lowest BCUT2D eigenvalue weighted by molar-refractivity contribution is -0.149. The highest BCUT2D eigenvalue weighted by Gasteiger charge is 2.35. The fourth-order valence-electron chi connectivity index (χ4n) is 3.23. The van der Waals surface area contributed by atoms with Gasteiger partial charge in [0, 0.05) is 12.8 Å². The molecule has 0 amide bonds. The summed E-state index contributed by atoms with van der Waals surface area (Å²) in [5.41, 5.74) is 3.59. The minimum absolute atomic E-state index is 0.192. The summed E-state index contributed by atoms with van der Waals surface area (Å²) in [6, 6.07) is 16.4. The Labute approximate surface area is 130 Å². The minimum atomic E-state index is -0.237. The number of fused-ring (bicyclic) bond motifs is 1. The van der Waals surface area contributed by atoms with Crippen molar-refractivity contribution < 1.29 is 14.3 Å². The second-order valence-corrected chi connectivity index (χ2v) is 5.75. The highest BCUT2D eigenvalue weighted by Crippen LogP contribution is 2.42. The molecule has 0 fully saturated rings. The van der Waals surface area contributed by atoms with Crippen molar-refractivity contribution in [2.24, 2.45) is 5.92 Å². The predicted octanol–water partition coefficient (Wildman–Crippen LogP) is 3.71. The average Bonchev–Trinajstić information content (AvgIpc) is 2.84. The van der Waals surface area contributed by atoms with E-state index in [1.165, 1.54) is 18.1 Å². The zero-order chi connectivity index (χ0) is 15.5. The van der Waals surface area contributed by atoms with E-state index in [1.54, 1.807) is 7.11 Å². The van der Waals surface area contributed by atoms with Crippen molar-refractivity contribution in [3.05, 3.63) is 65.2 Å². The first-order valence-corrected chi connectivity index (χ1v) is 7.55. The maximum Gasteiger partial charge on any atom is 0.303 e. The maximum absolute atomic E-state index is 11.5. The van der Waals surface area contributed by atoms with Crippen LogP contribution in [0.1, 0.15) is 29.7 Å². The van der Waals surface area contributed by atoms with E-state index in [-0.39, 0.29) is 18.0 Å². The molecule has 0 spiro atoms. The molecule has 114 valence electrons. The molecule has 1 aliphatic carbocycles. The number of ether oxygens (including phenoxy) is 2. The van der Waals surface area contributed by atoms with Crippen LogP contribution in [0.15, 0.2) is 48.5 Å². The van der Waals surface area contributed by atoms with Crippen LogP contribution in [-0.4, -0.2) is 13.1 Å². The first-order valence-electron chi connectivity index (χ1n) is 7.55. The normalized spacial score (nSPS) is 19.5. The second-order valence-electron chi connectivity index (χ2n) is 5.75. The van der Waals surface area contributed by atoms with Crippen LogP contribution in [0.4, 0.5) is 0 Å². The topological polar surface area (TPSA) is 35.5 Å². The number of esters is 1. The molecule has 0 unspecified atom stereocenters. The van der Waals surface area contributed by atoms with E-state index in [1.807, 2.05) is 30.3 Å². The van der Waals surface area contributed by atoms with Gasteiger partial charge in [-0.1, -0.05) is 36.4 Å². The summed E-state index contributed by atoms with van der Waals surface area (Å²) in [5, 5.41) is 0. The van der Waals surface area contributed by atoms with Crippen LogP contribution in [0.3, 0.4) is 0 Å². The molecule has 22 heavy (non-hydrogen) atoms. The molecule has 0 bridgehead atoms. The zero-order valence-electron chi connectivity index (χ0n) is 12.9. The van der Waals surface area contributed by atoms with Crippen molar-refractivity contribution in [2.75, 3.05) is 7.11 Å². The molecule has 2 aromatic carbocycles. The van der Waals surface area contributed by atoms with E-state index in [0.717, 1.165) is 24.2 Å². The molecule has 0 aliphatic heterocycles. The van der Waals surface area contributed by atoms with E-state index in [9.17, 15) is 4.79 Å². The van der Waals surface area contributed by atoms with Gasteiger partial charge >= 0.3 is 5.97 Å². The fraction of sp³-hybridized carbons (Fsp3) is 0.316. The SMILES string of the molecule is COc1ccc2c(c1)[C@H](OC(C)=O)[C@@H](Cc1ccccc1)C2. The summed E-state index contributed by atoms with van der Waals surface area (Å²) in [7, 11) is 1.65. The van der Waals surface area contributed by atoms with Crippen LogP contribution < -0.4 is 4.74 Å². The van der Waals surface area contributed by atoms with Gasteiger partial charge in [0.05, 0.1) is 7.11 Å². The van der Waals surface area contributed by atoms with Crippen LogP contribution in [0.25, 0.3) is 0 Å². The van der Waals surface area contributed by atoms with Gasteiger partial charge < -0.3 is 9.47 Å². The summed E-state index contributed by atoms with van der Waals surface area (Å²) < 4.78 is 10.9. The van der Waals surface area contributed by atoms with Gasteiger partial charge in [0.15, 0.2) is 0 Å². The van der Waals surface area contributed by atoms with Gasteiger partial charge in [0.2, 0.25) is 0 Å². The number of hydrogen-bond acceptors (Lipinski definition) is 3. The summed E-state index contributed by atoms with van der Waals surface area (Å²) in [6.45, 7) is 1.47. The van der Waals surface area contributed by atoms with Gasteiger partial charge in [0.1, 0.15) is 11.9 Å².